The molecule has 0 aromatic rings. The highest BCUT2D eigenvalue weighted by Gasteiger charge is 2.40. The first kappa shape index (κ1) is 22.7. The van der Waals surface area contributed by atoms with Crippen molar-refractivity contribution in [3.05, 3.63) is 0 Å². The maximum absolute atomic E-state index is 9.92. The third-order valence-electron chi connectivity index (χ3n) is 4.50. The lowest BCUT2D eigenvalue weighted by Crippen LogP contribution is -2.62. The number of hydrogen-bond donors (Lipinski definition) is 4. The van der Waals surface area contributed by atoms with Crippen molar-refractivity contribution in [2.75, 3.05) is 59.8 Å². The fraction of sp³-hybridized carbons (Fsp3) is 1.00. The molecule has 1 saturated heterocycles. The molecule has 150 valence electrons. The van der Waals surface area contributed by atoms with Gasteiger partial charge in [0.25, 0.3) is 0 Å². The molecule has 0 aromatic carbocycles. The third-order valence-corrected chi connectivity index (χ3v) is 4.50. The number of aliphatic hydroxyl groups excluding tert-OH is 4. The molecule has 0 aromatic heterocycles. The van der Waals surface area contributed by atoms with Crippen molar-refractivity contribution in [3.63, 3.8) is 0 Å². The van der Waals surface area contributed by atoms with E-state index in [2.05, 4.69) is 0 Å². The first-order valence-corrected chi connectivity index (χ1v) is 9.15. The molecule has 0 bridgehead atoms. The molecule has 0 aliphatic carbocycles. The van der Waals surface area contributed by atoms with Gasteiger partial charge in [-0.15, -0.1) is 0 Å². The van der Waals surface area contributed by atoms with Crippen LogP contribution in [0.2, 0.25) is 0 Å². The van der Waals surface area contributed by atoms with Crippen molar-refractivity contribution in [1.29, 1.82) is 0 Å². The van der Waals surface area contributed by atoms with E-state index in [1.807, 2.05) is 4.90 Å². The van der Waals surface area contributed by atoms with Crippen LogP contribution in [0.1, 0.15) is 25.7 Å². The molecule has 4 atom stereocenters. The second-order valence-electron chi connectivity index (χ2n) is 6.43. The van der Waals surface area contributed by atoms with E-state index < -0.39 is 24.4 Å². The number of hydrogen-bond acceptors (Lipinski definition) is 8. The lowest BCUT2D eigenvalue weighted by Gasteiger charge is -2.43. The van der Waals surface area contributed by atoms with E-state index in [4.69, 9.17) is 14.2 Å². The van der Waals surface area contributed by atoms with Gasteiger partial charge in [-0.2, -0.15) is 0 Å². The van der Waals surface area contributed by atoms with Crippen LogP contribution in [-0.4, -0.2) is 110 Å². The molecule has 0 radical (unpaired) electrons. The summed E-state index contributed by atoms with van der Waals surface area (Å²) in [6.07, 6.45) is 0.652. The molecule has 0 spiro atoms. The highest BCUT2D eigenvalue weighted by molar-refractivity contribution is 4.93. The number of aliphatic hydroxyl groups is 4. The highest BCUT2D eigenvalue weighted by Crippen LogP contribution is 2.19. The van der Waals surface area contributed by atoms with Gasteiger partial charge < -0.3 is 34.6 Å². The van der Waals surface area contributed by atoms with Gasteiger partial charge in [0.05, 0.1) is 45.2 Å². The van der Waals surface area contributed by atoms with E-state index in [0.717, 1.165) is 25.7 Å². The predicted octanol–water partition coefficient (Wildman–Crippen LogP) is -1.01. The first-order valence-electron chi connectivity index (χ1n) is 9.15. The Balaban J connectivity index is 2.00. The van der Waals surface area contributed by atoms with E-state index in [1.165, 1.54) is 0 Å². The van der Waals surface area contributed by atoms with E-state index in [0.29, 0.717) is 39.6 Å². The van der Waals surface area contributed by atoms with Gasteiger partial charge in [-0.3, -0.25) is 4.90 Å². The molecule has 1 aliphatic heterocycles. The second-order valence-corrected chi connectivity index (χ2v) is 6.43. The SMILES string of the molecule is COCCOCCOCCCCCCN1CC(O)C(O)C(O)C1CO. The molecule has 1 fully saturated rings. The van der Waals surface area contributed by atoms with Crippen molar-refractivity contribution in [3.8, 4) is 0 Å². The quantitative estimate of drug-likeness (QED) is 0.290. The van der Waals surface area contributed by atoms with Gasteiger partial charge in [0.15, 0.2) is 0 Å². The maximum Gasteiger partial charge on any atom is 0.109 e. The molecule has 4 unspecified atom stereocenters. The average Bonchev–Trinajstić information content (AvgIpc) is 2.61. The Morgan fingerprint density at radius 2 is 1.48 bits per heavy atom. The van der Waals surface area contributed by atoms with Crippen molar-refractivity contribution in [2.24, 2.45) is 0 Å². The van der Waals surface area contributed by atoms with Crippen LogP contribution in [0, 0.1) is 0 Å². The minimum atomic E-state index is -1.19. The van der Waals surface area contributed by atoms with Gasteiger partial charge in [0.1, 0.15) is 12.2 Å². The number of methoxy groups -OCH3 is 1. The summed E-state index contributed by atoms with van der Waals surface area (Å²) in [5, 5.41) is 38.8. The van der Waals surface area contributed by atoms with E-state index in [1.54, 1.807) is 7.11 Å². The summed E-state index contributed by atoms with van der Waals surface area (Å²) in [7, 11) is 1.64. The Labute approximate surface area is 150 Å². The number of β-amino-alcohol motifs (C(OH)–C–C–N with tert-alkyl or cyclic N) is 1. The number of ether oxygens (including phenoxy) is 3. The van der Waals surface area contributed by atoms with E-state index in [-0.39, 0.29) is 13.2 Å². The zero-order valence-corrected chi connectivity index (χ0v) is 15.3. The van der Waals surface area contributed by atoms with Crippen molar-refractivity contribution < 1.29 is 34.6 Å². The van der Waals surface area contributed by atoms with Crippen LogP contribution >= 0.6 is 0 Å². The maximum atomic E-state index is 9.92. The summed E-state index contributed by atoms with van der Waals surface area (Å²) in [5.74, 6) is 0. The zero-order chi connectivity index (χ0) is 18.5. The molecule has 1 heterocycles. The minimum absolute atomic E-state index is 0.231. The third kappa shape index (κ3) is 8.74. The molecule has 8 heteroatoms. The van der Waals surface area contributed by atoms with Crippen LogP contribution in [0.25, 0.3) is 0 Å². The van der Waals surface area contributed by atoms with Gasteiger partial charge in [-0.25, -0.2) is 0 Å². The summed E-state index contributed by atoms with van der Waals surface area (Å²) in [5.41, 5.74) is 0. The Kier molecular flexibility index (Phi) is 12.6. The molecule has 8 nitrogen and oxygen atoms in total. The fourth-order valence-electron chi connectivity index (χ4n) is 2.97. The Hall–Kier alpha value is -0.320. The summed E-state index contributed by atoms with van der Waals surface area (Å²) < 4.78 is 15.7. The predicted molar refractivity (Wildman–Crippen MR) is 92.4 cm³/mol. The van der Waals surface area contributed by atoms with Gasteiger partial charge >= 0.3 is 0 Å². The minimum Gasteiger partial charge on any atom is -0.395 e. The number of nitrogens with zero attached hydrogens (tertiary/aromatic N) is 1. The molecule has 1 aliphatic rings. The largest absolute Gasteiger partial charge is 0.395 e. The van der Waals surface area contributed by atoms with Crippen LogP contribution in [0.5, 0.6) is 0 Å². The van der Waals surface area contributed by atoms with Gasteiger partial charge in [-0.1, -0.05) is 12.8 Å². The van der Waals surface area contributed by atoms with Crippen LogP contribution in [0.4, 0.5) is 0 Å². The molecular weight excluding hydrogens is 330 g/mol. The lowest BCUT2D eigenvalue weighted by molar-refractivity contribution is -0.145. The van der Waals surface area contributed by atoms with Crippen LogP contribution < -0.4 is 0 Å². The molecule has 4 N–H and O–H groups in total. The molecule has 0 saturated carbocycles. The number of likely N-dealkylation sites (tertiary alicyclic amines) is 1. The smallest absolute Gasteiger partial charge is 0.109 e. The monoisotopic (exact) mass is 365 g/mol. The standard InChI is InChI=1S/C17H35NO7/c1-23-8-9-25-11-10-24-7-5-3-2-4-6-18-12-15(20)17(22)16(21)14(18)13-19/h14-17,19-22H,2-13H2,1H3. The summed E-state index contributed by atoms with van der Waals surface area (Å²) in [6, 6.07) is -0.514. The van der Waals surface area contributed by atoms with E-state index in [9.17, 15) is 20.4 Å². The van der Waals surface area contributed by atoms with Crippen molar-refractivity contribution >= 4 is 0 Å². The van der Waals surface area contributed by atoms with Crippen LogP contribution in [-0.2, 0) is 14.2 Å². The molecule has 0 amide bonds. The Morgan fingerprint density at radius 3 is 2.16 bits per heavy atom. The molecule has 25 heavy (non-hydrogen) atoms. The Morgan fingerprint density at radius 1 is 0.840 bits per heavy atom. The van der Waals surface area contributed by atoms with Crippen molar-refractivity contribution in [1.82, 2.24) is 4.90 Å². The Bertz CT molecular complexity index is 321. The number of rotatable bonds is 14. The lowest BCUT2D eigenvalue weighted by atomic mass is 9.94. The fourth-order valence-corrected chi connectivity index (χ4v) is 2.97. The summed E-state index contributed by atoms with van der Waals surface area (Å²) >= 11 is 0. The highest BCUT2D eigenvalue weighted by atomic mass is 16.5. The van der Waals surface area contributed by atoms with Crippen molar-refractivity contribution in [2.45, 2.75) is 50.0 Å². The topological polar surface area (TPSA) is 112 Å². The molecule has 1 rings (SSSR count). The normalized spacial score (nSPS) is 27.7. The first-order chi connectivity index (χ1) is 12.1. The van der Waals surface area contributed by atoms with Crippen LogP contribution in [0.3, 0.4) is 0 Å². The summed E-state index contributed by atoms with van der Waals surface area (Å²) in [4.78, 5) is 1.86. The molecular formula is C17H35NO7. The average molecular weight is 365 g/mol. The van der Waals surface area contributed by atoms with Gasteiger partial charge in [0, 0.05) is 20.3 Å². The van der Waals surface area contributed by atoms with Gasteiger partial charge in [0.2, 0.25) is 0 Å². The number of piperidine rings is 1. The zero-order valence-electron chi connectivity index (χ0n) is 15.3. The second kappa shape index (κ2) is 13.8. The number of unbranched alkanes of at least 4 members (excludes halogenated alkanes) is 3. The van der Waals surface area contributed by atoms with E-state index >= 15 is 0 Å². The van der Waals surface area contributed by atoms with Gasteiger partial charge in [-0.05, 0) is 19.4 Å². The van der Waals surface area contributed by atoms with Crippen LogP contribution in [0.15, 0.2) is 0 Å². The summed E-state index contributed by atoms with van der Waals surface area (Å²) in [6.45, 7) is 3.79.